The van der Waals surface area contributed by atoms with Crippen molar-refractivity contribution < 1.29 is 47.3 Å². The summed E-state index contributed by atoms with van der Waals surface area (Å²) < 4.78 is 41.9. The molecule has 330 valence electrons. The van der Waals surface area contributed by atoms with Crippen molar-refractivity contribution in [2.24, 2.45) is 11.1 Å². The van der Waals surface area contributed by atoms with Gasteiger partial charge < -0.3 is 45.7 Å². The summed E-state index contributed by atoms with van der Waals surface area (Å²) in [5, 5.41) is 17.9. The summed E-state index contributed by atoms with van der Waals surface area (Å²) in [6.07, 6.45) is 0.603. The predicted molar refractivity (Wildman–Crippen MR) is 223 cm³/mol. The molecule has 4 amide bonds. The van der Waals surface area contributed by atoms with E-state index in [1.807, 2.05) is 55.7 Å². The molecular formula is C44H62F2N6O8. The lowest BCUT2D eigenvalue weighted by Crippen LogP contribution is -2.50. The zero-order valence-electron chi connectivity index (χ0n) is 36.2. The van der Waals surface area contributed by atoms with Crippen LogP contribution in [0, 0.1) is 17.0 Å². The summed E-state index contributed by atoms with van der Waals surface area (Å²) in [6, 6.07) is 11.4. The minimum atomic E-state index is -1.14. The Morgan fingerprint density at radius 2 is 1.45 bits per heavy atom. The lowest BCUT2D eigenvalue weighted by atomic mass is 9.82. The highest BCUT2D eigenvalue weighted by molar-refractivity contribution is 5.86. The summed E-state index contributed by atoms with van der Waals surface area (Å²) in [7, 11) is 0. The molecule has 3 atom stereocenters. The molecule has 0 aliphatic rings. The molecule has 1 aromatic heterocycles. The van der Waals surface area contributed by atoms with Gasteiger partial charge >= 0.3 is 12.1 Å². The molecule has 0 bridgehead atoms. The van der Waals surface area contributed by atoms with Gasteiger partial charge in [-0.15, -0.1) is 0 Å². The lowest BCUT2D eigenvalue weighted by Gasteiger charge is -2.41. The quantitative estimate of drug-likeness (QED) is 0.0829. The van der Waals surface area contributed by atoms with E-state index in [0.29, 0.717) is 17.8 Å². The number of nitrogens with one attached hydrogen (secondary N) is 3. The number of nitrogens with zero attached hydrogens (tertiary/aromatic N) is 2. The third-order valence-corrected chi connectivity index (χ3v) is 9.04. The van der Waals surface area contributed by atoms with Crippen molar-refractivity contribution in [2.45, 2.75) is 117 Å². The van der Waals surface area contributed by atoms with Gasteiger partial charge in [0.1, 0.15) is 35.5 Å². The van der Waals surface area contributed by atoms with Gasteiger partial charge in [0.25, 0.3) is 0 Å². The molecule has 14 nitrogen and oxygen atoms in total. The van der Waals surface area contributed by atoms with Gasteiger partial charge in [0.05, 0.1) is 12.1 Å². The van der Waals surface area contributed by atoms with Crippen molar-refractivity contribution in [3.05, 3.63) is 83.7 Å². The number of carbonyl (C=O) groups excluding carboxylic acids is 5. The summed E-state index contributed by atoms with van der Waals surface area (Å²) in [4.78, 5) is 66.1. The Kier molecular flexibility index (Phi) is 17.4. The third-order valence-electron chi connectivity index (χ3n) is 9.04. The fourth-order valence-electron chi connectivity index (χ4n) is 6.51. The van der Waals surface area contributed by atoms with E-state index in [1.54, 1.807) is 53.8 Å². The summed E-state index contributed by atoms with van der Waals surface area (Å²) in [6.45, 7) is 15.2. The molecule has 2 aromatic carbocycles. The van der Waals surface area contributed by atoms with E-state index in [-0.39, 0.29) is 44.5 Å². The normalized spacial score (nSPS) is 13.4. The maximum atomic E-state index is 15.1. The maximum Gasteiger partial charge on any atom is 0.408 e. The Bertz CT molecular complexity index is 1930. The Morgan fingerprint density at radius 1 is 0.833 bits per heavy atom. The standard InChI is InChI=1S/C44H62F2N6O8/c1-42(2,3)38(35-23-29(31-24-30(45)15-16-32(31)46)26-51(35)25-28-13-11-10-12-14-28)52(36(54)27-53)22-19-33(47)39(56)48-20-21-49-40(57)34(50-41(58)60-44(7,8)9)17-18-37(55)59-43(4,5)6/h10-16,23-24,26,33-34,38,53H,17-22,25,27,47H2,1-9H3,(H,48,56)(H,49,57)(H,50,58)/t33-,34+,38-/m0/s1. The number of carbonyl (C=O) groups is 5. The minimum Gasteiger partial charge on any atom is -0.460 e. The van der Waals surface area contributed by atoms with Gasteiger partial charge in [0.2, 0.25) is 17.7 Å². The van der Waals surface area contributed by atoms with E-state index in [2.05, 4.69) is 16.0 Å². The number of rotatable bonds is 18. The SMILES string of the molecule is CC(C)(C)OC(=O)CC[C@@H](NC(=O)OC(C)(C)C)C(=O)NCCNC(=O)[C@@H](N)CCN(C(=O)CO)[C@@H](c1cc(-c2cc(F)ccc2F)cn1Cc1ccccc1)C(C)(C)C. The molecule has 0 aliphatic heterocycles. The summed E-state index contributed by atoms with van der Waals surface area (Å²) in [5.41, 5.74) is 6.01. The molecule has 60 heavy (non-hydrogen) atoms. The van der Waals surface area contributed by atoms with Gasteiger partial charge in [-0.25, -0.2) is 13.6 Å². The minimum absolute atomic E-state index is 0.0200. The first-order chi connectivity index (χ1) is 27.9. The van der Waals surface area contributed by atoms with E-state index < -0.39 is 82.8 Å². The number of amides is 4. The molecule has 1 heterocycles. The van der Waals surface area contributed by atoms with Crippen LogP contribution in [0.15, 0.2) is 60.8 Å². The first-order valence-corrected chi connectivity index (χ1v) is 20.0. The Hall–Kier alpha value is -5.35. The molecule has 6 N–H and O–H groups in total. The Balaban J connectivity index is 1.75. The molecule has 3 aromatic rings. The average Bonchev–Trinajstić information content (AvgIpc) is 3.54. The van der Waals surface area contributed by atoms with Crippen molar-refractivity contribution in [3.8, 4) is 11.1 Å². The van der Waals surface area contributed by atoms with Gasteiger partial charge in [-0.1, -0.05) is 51.1 Å². The van der Waals surface area contributed by atoms with Crippen molar-refractivity contribution in [3.63, 3.8) is 0 Å². The zero-order valence-corrected chi connectivity index (χ0v) is 36.2. The smallest absolute Gasteiger partial charge is 0.408 e. The summed E-state index contributed by atoms with van der Waals surface area (Å²) in [5.74, 6) is -3.60. The molecule has 0 fully saturated rings. The number of aliphatic hydroxyl groups is 1. The van der Waals surface area contributed by atoms with E-state index in [9.17, 15) is 33.5 Å². The molecule has 3 rings (SSSR count). The number of esters is 1. The van der Waals surface area contributed by atoms with Gasteiger partial charge in [-0.05, 0) is 89.6 Å². The first kappa shape index (κ1) is 49.0. The van der Waals surface area contributed by atoms with Crippen LogP contribution in [0.1, 0.15) is 98.9 Å². The van der Waals surface area contributed by atoms with Crippen LogP contribution in [0.25, 0.3) is 11.1 Å². The molecule has 0 aliphatic carbocycles. The van der Waals surface area contributed by atoms with E-state index in [4.69, 9.17) is 15.2 Å². The van der Waals surface area contributed by atoms with Gasteiger partial charge in [0.15, 0.2) is 0 Å². The van der Waals surface area contributed by atoms with Crippen molar-refractivity contribution in [2.75, 3.05) is 26.2 Å². The second kappa shape index (κ2) is 21.3. The largest absolute Gasteiger partial charge is 0.460 e. The van der Waals surface area contributed by atoms with Crippen LogP contribution in [0.5, 0.6) is 0 Å². The highest BCUT2D eigenvalue weighted by atomic mass is 19.1. The number of aromatic nitrogens is 1. The van der Waals surface area contributed by atoms with Crippen LogP contribution in [0.2, 0.25) is 0 Å². The highest BCUT2D eigenvalue weighted by Gasteiger charge is 2.37. The molecule has 0 radical (unpaired) electrons. The number of benzene rings is 2. The monoisotopic (exact) mass is 840 g/mol. The van der Waals surface area contributed by atoms with E-state index in [0.717, 1.165) is 23.8 Å². The van der Waals surface area contributed by atoms with Crippen LogP contribution in [0.4, 0.5) is 13.6 Å². The first-order valence-electron chi connectivity index (χ1n) is 20.0. The van der Waals surface area contributed by atoms with Crippen molar-refractivity contribution in [1.29, 1.82) is 0 Å². The number of alkyl carbamates (subject to hydrolysis) is 1. The average molecular weight is 841 g/mol. The number of ether oxygens (including phenoxy) is 2. The second-order valence-corrected chi connectivity index (χ2v) is 17.7. The van der Waals surface area contributed by atoms with E-state index in [1.165, 1.54) is 4.90 Å². The predicted octanol–water partition coefficient (Wildman–Crippen LogP) is 5.35. The van der Waals surface area contributed by atoms with Gasteiger partial charge in [0, 0.05) is 55.6 Å². The molecule has 0 unspecified atom stereocenters. The van der Waals surface area contributed by atoms with Crippen LogP contribution in [-0.2, 0) is 35.2 Å². The second-order valence-electron chi connectivity index (χ2n) is 17.7. The fraction of sp³-hybridized carbons (Fsp3) is 0.523. The molecule has 0 saturated heterocycles. The Labute approximate surface area is 351 Å². The van der Waals surface area contributed by atoms with E-state index >= 15 is 4.39 Å². The van der Waals surface area contributed by atoms with Gasteiger partial charge in [-0.3, -0.25) is 19.2 Å². The van der Waals surface area contributed by atoms with Gasteiger partial charge in [-0.2, -0.15) is 0 Å². The number of hydrogen-bond acceptors (Lipinski definition) is 9. The fourth-order valence-corrected chi connectivity index (χ4v) is 6.51. The number of hydrogen-bond donors (Lipinski definition) is 5. The lowest BCUT2D eigenvalue weighted by molar-refractivity contribution is -0.155. The maximum absolute atomic E-state index is 15.1. The molecule has 0 saturated carbocycles. The number of aliphatic hydroxyl groups excluding tert-OH is 1. The summed E-state index contributed by atoms with van der Waals surface area (Å²) >= 11 is 0. The van der Waals surface area contributed by atoms with Crippen LogP contribution in [0.3, 0.4) is 0 Å². The molecule has 16 heteroatoms. The molecule has 0 spiro atoms. The number of halogens is 2. The topological polar surface area (TPSA) is 194 Å². The highest BCUT2D eigenvalue weighted by Crippen LogP contribution is 2.41. The van der Waals surface area contributed by atoms with Crippen LogP contribution >= 0.6 is 0 Å². The van der Waals surface area contributed by atoms with Crippen molar-refractivity contribution >= 4 is 29.8 Å². The third kappa shape index (κ3) is 15.7. The van der Waals surface area contributed by atoms with Crippen molar-refractivity contribution in [1.82, 2.24) is 25.4 Å². The zero-order chi connectivity index (χ0) is 45.0. The van der Waals surface area contributed by atoms with Crippen LogP contribution < -0.4 is 21.7 Å². The van der Waals surface area contributed by atoms with Crippen LogP contribution in [-0.4, -0.2) is 93.9 Å². The Morgan fingerprint density at radius 3 is 2.03 bits per heavy atom. The molecular weight excluding hydrogens is 779 g/mol. The number of nitrogens with two attached hydrogens (primary N) is 1.